The normalized spacial score (nSPS) is 14.4. The Balaban J connectivity index is 2.56. The number of ether oxygens (including phenoxy) is 2. The van der Waals surface area contributed by atoms with Gasteiger partial charge in [-0.25, -0.2) is 0 Å². The predicted molar refractivity (Wildman–Crippen MR) is 61.4 cm³/mol. The van der Waals surface area contributed by atoms with Crippen molar-refractivity contribution in [3.8, 4) is 11.5 Å². The number of hydrogen-bond donors (Lipinski definition) is 1. The quantitative estimate of drug-likeness (QED) is 0.808. The predicted octanol–water partition coefficient (Wildman–Crippen LogP) is 2.20. The van der Waals surface area contributed by atoms with Crippen LogP contribution in [0.1, 0.15) is 20.8 Å². The van der Waals surface area contributed by atoms with E-state index < -0.39 is 0 Å². The van der Waals surface area contributed by atoms with Crippen LogP contribution < -0.4 is 15.2 Å². The lowest BCUT2D eigenvalue weighted by Gasteiger charge is -2.18. The summed E-state index contributed by atoms with van der Waals surface area (Å²) in [5.74, 6) is 1.68. The Kier molecular flexibility index (Phi) is 4.43. The minimum Gasteiger partial charge on any atom is -0.494 e. The first kappa shape index (κ1) is 11.9. The van der Waals surface area contributed by atoms with E-state index in [4.69, 9.17) is 15.2 Å². The molecule has 0 saturated carbocycles. The largest absolute Gasteiger partial charge is 0.494 e. The molecule has 0 amide bonds. The van der Waals surface area contributed by atoms with Gasteiger partial charge in [0.15, 0.2) is 0 Å². The highest BCUT2D eigenvalue weighted by molar-refractivity contribution is 5.31. The number of hydrogen-bond acceptors (Lipinski definition) is 3. The van der Waals surface area contributed by atoms with Crippen LogP contribution >= 0.6 is 0 Å². The van der Waals surface area contributed by atoms with E-state index in [2.05, 4.69) is 0 Å². The Morgan fingerprint density at radius 3 is 2.13 bits per heavy atom. The van der Waals surface area contributed by atoms with Crippen molar-refractivity contribution in [2.75, 3.05) is 6.61 Å². The zero-order valence-corrected chi connectivity index (χ0v) is 9.57. The van der Waals surface area contributed by atoms with Gasteiger partial charge < -0.3 is 15.2 Å². The third-order valence-corrected chi connectivity index (χ3v) is 2.20. The average Bonchev–Trinajstić information content (AvgIpc) is 2.21. The number of benzene rings is 1. The molecule has 0 spiro atoms. The zero-order chi connectivity index (χ0) is 11.3. The van der Waals surface area contributed by atoms with E-state index in [9.17, 15) is 0 Å². The second-order valence-electron chi connectivity index (χ2n) is 3.59. The van der Waals surface area contributed by atoms with Crippen LogP contribution in [0.5, 0.6) is 11.5 Å². The van der Waals surface area contributed by atoms with Crippen molar-refractivity contribution in [1.82, 2.24) is 0 Å². The fraction of sp³-hybridized carbons (Fsp3) is 0.500. The van der Waals surface area contributed by atoms with Crippen molar-refractivity contribution in [3.05, 3.63) is 24.3 Å². The second-order valence-corrected chi connectivity index (χ2v) is 3.59. The van der Waals surface area contributed by atoms with Gasteiger partial charge in [-0.1, -0.05) is 0 Å². The van der Waals surface area contributed by atoms with Crippen LogP contribution in [0.25, 0.3) is 0 Å². The summed E-state index contributed by atoms with van der Waals surface area (Å²) in [6.07, 6.45) is 0.0166. The molecule has 15 heavy (non-hydrogen) atoms. The van der Waals surface area contributed by atoms with Gasteiger partial charge in [-0.3, -0.25) is 0 Å². The molecule has 3 nitrogen and oxygen atoms in total. The van der Waals surface area contributed by atoms with E-state index in [1.807, 2.05) is 45.0 Å². The second kappa shape index (κ2) is 5.61. The van der Waals surface area contributed by atoms with Crippen LogP contribution in [0.4, 0.5) is 0 Å². The lowest BCUT2D eigenvalue weighted by Crippen LogP contribution is -2.33. The molecule has 3 heteroatoms. The molecular weight excluding hydrogens is 190 g/mol. The Labute approximate surface area is 91.2 Å². The molecule has 1 rings (SSSR count). The molecule has 1 aromatic carbocycles. The van der Waals surface area contributed by atoms with Gasteiger partial charge in [0.25, 0.3) is 0 Å². The van der Waals surface area contributed by atoms with Gasteiger partial charge in [0.05, 0.1) is 6.61 Å². The monoisotopic (exact) mass is 209 g/mol. The Morgan fingerprint density at radius 1 is 1.13 bits per heavy atom. The minimum absolute atomic E-state index is 0.0166. The highest BCUT2D eigenvalue weighted by Gasteiger charge is 2.08. The smallest absolute Gasteiger partial charge is 0.120 e. The van der Waals surface area contributed by atoms with Gasteiger partial charge in [-0.15, -0.1) is 0 Å². The first-order chi connectivity index (χ1) is 7.13. The van der Waals surface area contributed by atoms with E-state index in [1.165, 1.54) is 0 Å². The standard InChI is InChI=1S/C12H19NO2/c1-4-14-11-5-7-12(8-6-11)15-10(3)9(2)13/h5-10H,4,13H2,1-3H3/t9-,10?/m0/s1. The molecule has 0 aromatic heterocycles. The molecule has 0 aliphatic carbocycles. The lowest BCUT2D eigenvalue weighted by molar-refractivity contribution is 0.196. The molecule has 84 valence electrons. The van der Waals surface area contributed by atoms with Gasteiger partial charge >= 0.3 is 0 Å². The average molecular weight is 209 g/mol. The SMILES string of the molecule is CCOc1ccc(OC(C)[C@H](C)N)cc1. The first-order valence-corrected chi connectivity index (χ1v) is 5.28. The highest BCUT2D eigenvalue weighted by Crippen LogP contribution is 2.18. The molecule has 0 heterocycles. The van der Waals surface area contributed by atoms with Crippen LogP contribution in [0.2, 0.25) is 0 Å². The maximum atomic E-state index is 5.71. The molecule has 2 atom stereocenters. The number of nitrogens with two attached hydrogens (primary N) is 1. The molecule has 1 unspecified atom stereocenters. The summed E-state index contributed by atoms with van der Waals surface area (Å²) in [5.41, 5.74) is 5.71. The fourth-order valence-corrected chi connectivity index (χ4v) is 1.10. The summed E-state index contributed by atoms with van der Waals surface area (Å²) >= 11 is 0. The number of rotatable bonds is 5. The zero-order valence-electron chi connectivity index (χ0n) is 9.57. The summed E-state index contributed by atoms with van der Waals surface area (Å²) < 4.78 is 11.0. The maximum Gasteiger partial charge on any atom is 0.120 e. The molecule has 0 aliphatic rings. The van der Waals surface area contributed by atoms with Crippen LogP contribution in [-0.4, -0.2) is 18.8 Å². The van der Waals surface area contributed by atoms with Crippen molar-refractivity contribution in [2.45, 2.75) is 32.9 Å². The third kappa shape index (κ3) is 3.80. The molecule has 0 radical (unpaired) electrons. The topological polar surface area (TPSA) is 44.5 Å². The van der Waals surface area contributed by atoms with Gasteiger partial charge in [-0.05, 0) is 45.0 Å². The molecular formula is C12H19NO2. The van der Waals surface area contributed by atoms with Crippen LogP contribution in [-0.2, 0) is 0 Å². The first-order valence-electron chi connectivity index (χ1n) is 5.28. The summed E-state index contributed by atoms with van der Waals surface area (Å²) in [6.45, 7) is 6.53. The molecule has 2 N–H and O–H groups in total. The summed E-state index contributed by atoms with van der Waals surface area (Å²) in [4.78, 5) is 0. The van der Waals surface area contributed by atoms with Gasteiger partial charge in [0, 0.05) is 6.04 Å². The van der Waals surface area contributed by atoms with E-state index in [-0.39, 0.29) is 12.1 Å². The van der Waals surface area contributed by atoms with E-state index >= 15 is 0 Å². The molecule has 0 saturated heterocycles. The summed E-state index contributed by atoms with van der Waals surface area (Å²) in [5, 5.41) is 0. The van der Waals surface area contributed by atoms with Crippen molar-refractivity contribution in [3.63, 3.8) is 0 Å². The molecule has 1 aromatic rings. The van der Waals surface area contributed by atoms with Crippen LogP contribution in [0, 0.1) is 0 Å². The maximum absolute atomic E-state index is 5.71. The van der Waals surface area contributed by atoms with E-state index in [1.54, 1.807) is 0 Å². The van der Waals surface area contributed by atoms with Crippen LogP contribution in [0.15, 0.2) is 24.3 Å². The van der Waals surface area contributed by atoms with Crippen molar-refractivity contribution in [2.24, 2.45) is 5.73 Å². The molecule has 0 bridgehead atoms. The Bertz CT molecular complexity index is 282. The molecule has 0 aliphatic heterocycles. The minimum atomic E-state index is 0.0166. The fourth-order valence-electron chi connectivity index (χ4n) is 1.10. The summed E-state index contributed by atoms with van der Waals surface area (Å²) in [6, 6.07) is 7.60. The van der Waals surface area contributed by atoms with Crippen LogP contribution in [0.3, 0.4) is 0 Å². The Hall–Kier alpha value is -1.22. The van der Waals surface area contributed by atoms with Gasteiger partial charge in [0.1, 0.15) is 17.6 Å². The van der Waals surface area contributed by atoms with Gasteiger partial charge in [0.2, 0.25) is 0 Å². The van der Waals surface area contributed by atoms with E-state index in [0.29, 0.717) is 6.61 Å². The highest BCUT2D eigenvalue weighted by atomic mass is 16.5. The molecule has 0 fully saturated rings. The lowest BCUT2D eigenvalue weighted by atomic mass is 10.2. The Morgan fingerprint density at radius 2 is 1.67 bits per heavy atom. The summed E-state index contributed by atoms with van der Waals surface area (Å²) in [7, 11) is 0. The van der Waals surface area contributed by atoms with Crippen molar-refractivity contribution >= 4 is 0 Å². The van der Waals surface area contributed by atoms with Crippen molar-refractivity contribution < 1.29 is 9.47 Å². The third-order valence-electron chi connectivity index (χ3n) is 2.20. The van der Waals surface area contributed by atoms with Gasteiger partial charge in [-0.2, -0.15) is 0 Å². The van der Waals surface area contributed by atoms with Crippen molar-refractivity contribution in [1.29, 1.82) is 0 Å². The van der Waals surface area contributed by atoms with E-state index in [0.717, 1.165) is 11.5 Å².